The third kappa shape index (κ3) is 3.46. The Bertz CT molecular complexity index is 647. The summed E-state index contributed by atoms with van der Waals surface area (Å²) in [5.74, 6) is 5.56. The molecule has 2 rings (SSSR count). The molecular formula is C15H16N4O. The van der Waals surface area contributed by atoms with Gasteiger partial charge in [0.15, 0.2) is 0 Å². The van der Waals surface area contributed by atoms with Crippen LogP contribution in [0.2, 0.25) is 0 Å². The van der Waals surface area contributed by atoms with Crippen LogP contribution < -0.4 is 11.1 Å². The first-order valence-electron chi connectivity index (χ1n) is 6.26. The number of aromatic amines is 1. The van der Waals surface area contributed by atoms with Gasteiger partial charge in [0.25, 0.3) is 5.91 Å². The second-order valence-corrected chi connectivity index (χ2v) is 4.29. The van der Waals surface area contributed by atoms with E-state index < -0.39 is 0 Å². The van der Waals surface area contributed by atoms with Crippen LogP contribution in [0.3, 0.4) is 0 Å². The number of benzene rings is 1. The van der Waals surface area contributed by atoms with Gasteiger partial charge >= 0.3 is 0 Å². The van der Waals surface area contributed by atoms with Gasteiger partial charge in [-0.2, -0.15) is 5.10 Å². The third-order valence-corrected chi connectivity index (χ3v) is 2.86. The van der Waals surface area contributed by atoms with E-state index in [0.717, 1.165) is 16.8 Å². The van der Waals surface area contributed by atoms with E-state index >= 15 is 0 Å². The van der Waals surface area contributed by atoms with Crippen LogP contribution in [-0.2, 0) is 6.54 Å². The minimum atomic E-state index is -0.121. The molecule has 1 aromatic carbocycles. The number of hydrogen-bond acceptors (Lipinski definition) is 3. The largest absolute Gasteiger partial charge is 0.348 e. The number of carbonyl (C=O) groups is 1. The summed E-state index contributed by atoms with van der Waals surface area (Å²) in [7, 11) is 0. The number of amides is 1. The summed E-state index contributed by atoms with van der Waals surface area (Å²) in [6.45, 7) is 2.70. The van der Waals surface area contributed by atoms with Crippen LogP contribution in [0.25, 0.3) is 0 Å². The molecule has 102 valence electrons. The molecule has 0 atom stereocenters. The van der Waals surface area contributed by atoms with Crippen molar-refractivity contribution in [2.24, 2.45) is 5.73 Å². The summed E-state index contributed by atoms with van der Waals surface area (Å²) in [6, 6.07) is 7.11. The number of aryl methyl sites for hydroxylation is 1. The molecule has 0 saturated heterocycles. The fraction of sp³-hybridized carbons (Fsp3) is 0.200. The number of nitrogens with two attached hydrogens (primary N) is 1. The molecule has 4 N–H and O–H groups in total. The molecule has 1 amide bonds. The van der Waals surface area contributed by atoms with E-state index in [9.17, 15) is 4.79 Å². The first kappa shape index (κ1) is 13.8. The van der Waals surface area contributed by atoms with Gasteiger partial charge in [0.05, 0.1) is 12.7 Å². The van der Waals surface area contributed by atoms with Crippen LogP contribution in [0.15, 0.2) is 30.5 Å². The molecule has 0 spiro atoms. The van der Waals surface area contributed by atoms with Crippen molar-refractivity contribution in [3.63, 3.8) is 0 Å². The Morgan fingerprint density at radius 2 is 2.15 bits per heavy atom. The predicted molar refractivity (Wildman–Crippen MR) is 76.9 cm³/mol. The number of rotatable bonds is 3. The van der Waals surface area contributed by atoms with Crippen LogP contribution in [0.5, 0.6) is 0 Å². The summed E-state index contributed by atoms with van der Waals surface area (Å²) in [5, 5.41) is 9.59. The summed E-state index contributed by atoms with van der Waals surface area (Å²) in [5.41, 5.74) is 8.69. The molecule has 0 unspecified atom stereocenters. The lowest BCUT2D eigenvalue weighted by molar-refractivity contribution is 0.0951. The van der Waals surface area contributed by atoms with Crippen LogP contribution >= 0.6 is 0 Å². The first-order chi connectivity index (χ1) is 9.70. The molecule has 1 aromatic heterocycles. The lowest BCUT2D eigenvalue weighted by Gasteiger charge is -2.04. The zero-order chi connectivity index (χ0) is 14.4. The van der Waals surface area contributed by atoms with E-state index in [4.69, 9.17) is 5.73 Å². The van der Waals surface area contributed by atoms with Crippen molar-refractivity contribution in [3.05, 3.63) is 52.8 Å². The first-order valence-corrected chi connectivity index (χ1v) is 6.26. The van der Waals surface area contributed by atoms with Crippen LogP contribution in [0, 0.1) is 18.8 Å². The van der Waals surface area contributed by atoms with Crippen molar-refractivity contribution < 1.29 is 4.79 Å². The number of carbonyl (C=O) groups excluding carboxylic acids is 1. The Labute approximate surface area is 117 Å². The van der Waals surface area contributed by atoms with Gasteiger partial charge in [0.1, 0.15) is 0 Å². The van der Waals surface area contributed by atoms with Gasteiger partial charge in [-0.1, -0.05) is 11.8 Å². The van der Waals surface area contributed by atoms with Crippen molar-refractivity contribution in [1.29, 1.82) is 0 Å². The van der Waals surface area contributed by atoms with Crippen molar-refractivity contribution in [1.82, 2.24) is 15.5 Å². The van der Waals surface area contributed by atoms with E-state index in [2.05, 4.69) is 27.4 Å². The molecule has 20 heavy (non-hydrogen) atoms. The molecule has 5 heteroatoms. The summed E-state index contributed by atoms with van der Waals surface area (Å²) >= 11 is 0. The van der Waals surface area contributed by atoms with E-state index in [1.54, 1.807) is 30.5 Å². The highest BCUT2D eigenvalue weighted by Crippen LogP contribution is 2.05. The van der Waals surface area contributed by atoms with E-state index in [0.29, 0.717) is 18.7 Å². The highest BCUT2D eigenvalue weighted by molar-refractivity contribution is 5.94. The fourth-order valence-electron chi connectivity index (χ4n) is 1.69. The number of hydrogen-bond donors (Lipinski definition) is 3. The van der Waals surface area contributed by atoms with Crippen molar-refractivity contribution in [3.8, 4) is 11.8 Å². The zero-order valence-corrected chi connectivity index (χ0v) is 11.2. The Balaban J connectivity index is 1.97. The van der Waals surface area contributed by atoms with Crippen LogP contribution in [-0.4, -0.2) is 22.6 Å². The molecule has 0 aliphatic carbocycles. The predicted octanol–water partition coefficient (Wildman–Crippen LogP) is 0.958. The molecule has 0 aliphatic rings. The second kappa shape index (κ2) is 6.55. The summed E-state index contributed by atoms with van der Waals surface area (Å²) in [6.07, 6.45) is 1.71. The maximum Gasteiger partial charge on any atom is 0.251 e. The highest BCUT2D eigenvalue weighted by Gasteiger charge is 2.06. The van der Waals surface area contributed by atoms with Crippen LogP contribution in [0.1, 0.15) is 27.2 Å². The molecular weight excluding hydrogens is 252 g/mol. The molecule has 2 aromatic rings. The standard InChI is InChI=1S/C15H16N4O/c1-11-14(10-18-19-11)9-17-15(20)13-6-4-12(5-7-13)3-2-8-16/h4-7,10H,8-9,16H2,1H3,(H,17,20)(H,18,19). The summed E-state index contributed by atoms with van der Waals surface area (Å²) < 4.78 is 0. The van der Waals surface area contributed by atoms with Gasteiger partial charge < -0.3 is 11.1 Å². The molecule has 1 heterocycles. The Morgan fingerprint density at radius 1 is 1.40 bits per heavy atom. The maximum atomic E-state index is 12.0. The van der Waals surface area contributed by atoms with Gasteiger partial charge in [0, 0.05) is 28.9 Å². The molecule has 0 radical (unpaired) electrons. The Hall–Kier alpha value is -2.58. The van der Waals surface area contributed by atoms with E-state index in [1.807, 2.05) is 6.92 Å². The Kier molecular flexibility index (Phi) is 4.53. The third-order valence-electron chi connectivity index (χ3n) is 2.86. The monoisotopic (exact) mass is 268 g/mol. The smallest absolute Gasteiger partial charge is 0.251 e. The Morgan fingerprint density at radius 3 is 2.75 bits per heavy atom. The van der Waals surface area contributed by atoms with Gasteiger partial charge in [-0.3, -0.25) is 9.89 Å². The lowest BCUT2D eigenvalue weighted by atomic mass is 10.1. The van der Waals surface area contributed by atoms with Crippen molar-refractivity contribution >= 4 is 5.91 Å². The fourth-order valence-corrected chi connectivity index (χ4v) is 1.69. The molecule has 5 nitrogen and oxygen atoms in total. The second-order valence-electron chi connectivity index (χ2n) is 4.29. The molecule has 0 saturated carbocycles. The number of H-pyrrole nitrogens is 1. The molecule has 0 aliphatic heterocycles. The zero-order valence-electron chi connectivity index (χ0n) is 11.2. The van der Waals surface area contributed by atoms with E-state index in [-0.39, 0.29) is 5.91 Å². The van der Waals surface area contributed by atoms with Crippen molar-refractivity contribution in [2.75, 3.05) is 6.54 Å². The van der Waals surface area contributed by atoms with Gasteiger partial charge in [-0.05, 0) is 31.2 Å². The van der Waals surface area contributed by atoms with E-state index in [1.165, 1.54) is 0 Å². The van der Waals surface area contributed by atoms with Crippen LogP contribution in [0.4, 0.5) is 0 Å². The average molecular weight is 268 g/mol. The van der Waals surface area contributed by atoms with Gasteiger partial charge in [-0.15, -0.1) is 0 Å². The maximum absolute atomic E-state index is 12.0. The SMILES string of the molecule is Cc1[nH]ncc1CNC(=O)c1ccc(C#CCN)cc1. The quantitative estimate of drug-likeness (QED) is 0.725. The molecule has 0 bridgehead atoms. The number of aromatic nitrogens is 2. The van der Waals surface area contributed by atoms with Gasteiger partial charge in [-0.25, -0.2) is 0 Å². The van der Waals surface area contributed by atoms with Gasteiger partial charge in [0.2, 0.25) is 0 Å². The van der Waals surface area contributed by atoms with Crippen molar-refractivity contribution in [2.45, 2.75) is 13.5 Å². The minimum Gasteiger partial charge on any atom is -0.348 e. The normalized spacial score (nSPS) is 9.70. The summed E-state index contributed by atoms with van der Waals surface area (Å²) in [4.78, 5) is 12.0. The minimum absolute atomic E-state index is 0.121. The highest BCUT2D eigenvalue weighted by atomic mass is 16.1. The number of nitrogens with zero attached hydrogens (tertiary/aromatic N) is 1. The average Bonchev–Trinajstić information content (AvgIpc) is 2.88. The molecule has 0 fully saturated rings. The number of nitrogens with one attached hydrogen (secondary N) is 2. The topological polar surface area (TPSA) is 83.8 Å². The lowest BCUT2D eigenvalue weighted by Crippen LogP contribution is -2.22.